The molecule has 1 saturated heterocycles. The normalized spacial score (nSPS) is 17.0. The van der Waals surface area contributed by atoms with Crippen molar-refractivity contribution < 1.29 is 9.59 Å². The van der Waals surface area contributed by atoms with Crippen molar-refractivity contribution in [3.63, 3.8) is 0 Å². The zero-order valence-electron chi connectivity index (χ0n) is 17.4. The molecular formula is C21H33N5O2. The lowest BCUT2D eigenvalue weighted by Gasteiger charge is -2.20. The summed E-state index contributed by atoms with van der Waals surface area (Å²) in [6.45, 7) is 7.99. The standard InChI is InChI=1S/C21H33N5O2/c1-5-6-19(27)24-17-9-7-16(8-10-17)13-23-21(22-4)25-18-11-12-26(14-18)20(28)15(2)3/h7-10,15,18H,5-6,11-14H2,1-4H3,(H,24,27)(H2,22,23,25). The number of hydrogen-bond acceptors (Lipinski definition) is 3. The van der Waals surface area contributed by atoms with Crippen molar-refractivity contribution in [1.82, 2.24) is 15.5 Å². The van der Waals surface area contributed by atoms with Crippen molar-refractivity contribution in [1.29, 1.82) is 0 Å². The van der Waals surface area contributed by atoms with Crippen LogP contribution in [0, 0.1) is 5.92 Å². The van der Waals surface area contributed by atoms with E-state index in [1.165, 1.54) is 0 Å². The van der Waals surface area contributed by atoms with E-state index in [2.05, 4.69) is 20.9 Å². The van der Waals surface area contributed by atoms with Crippen LogP contribution in [0.1, 0.15) is 45.6 Å². The highest BCUT2D eigenvalue weighted by molar-refractivity contribution is 5.90. The summed E-state index contributed by atoms with van der Waals surface area (Å²) in [5.41, 5.74) is 1.91. The molecule has 7 nitrogen and oxygen atoms in total. The molecule has 0 saturated carbocycles. The fraction of sp³-hybridized carbons (Fsp3) is 0.571. The number of anilines is 1. The molecule has 0 bridgehead atoms. The van der Waals surface area contributed by atoms with Gasteiger partial charge in [0.15, 0.2) is 5.96 Å². The van der Waals surface area contributed by atoms with E-state index >= 15 is 0 Å². The number of amides is 2. The monoisotopic (exact) mass is 387 g/mol. The average Bonchev–Trinajstić information content (AvgIpc) is 3.14. The predicted molar refractivity (Wildman–Crippen MR) is 113 cm³/mol. The van der Waals surface area contributed by atoms with Gasteiger partial charge >= 0.3 is 0 Å². The number of likely N-dealkylation sites (tertiary alicyclic amines) is 1. The van der Waals surface area contributed by atoms with E-state index in [9.17, 15) is 9.59 Å². The lowest BCUT2D eigenvalue weighted by atomic mass is 10.2. The smallest absolute Gasteiger partial charge is 0.225 e. The second-order valence-electron chi connectivity index (χ2n) is 7.49. The fourth-order valence-electron chi connectivity index (χ4n) is 3.17. The van der Waals surface area contributed by atoms with Gasteiger partial charge in [0.1, 0.15) is 0 Å². The molecule has 1 aromatic carbocycles. The summed E-state index contributed by atoms with van der Waals surface area (Å²) in [5.74, 6) is 1.01. The minimum absolute atomic E-state index is 0.0333. The lowest BCUT2D eigenvalue weighted by molar-refractivity contribution is -0.133. The highest BCUT2D eigenvalue weighted by atomic mass is 16.2. The van der Waals surface area contributed by atoms with Crippen molar-refractivity contribution in [3.05, 3.63) is 29.8 Å². The number of nitrogens with one attached hydrogen (secondary N) is 3. The van der Waals surface area contributed by atoms with Crippen molar-refractivity contribution >= 4 is 23.5 Å². The number of carbonyl (C=O) groups is 2. The van der Waals surface area contributed by atoms with Crippen LogP contribution in [0.5, 0.6) is 0 Å². The second-order valence-corrected chi connectivity index (χ2v) is 7.49. The van der Waals surface area contributed by atoms with Gasteiger partial charge < -0.3 is 20.9 Å². The SMILES string of the molecule is CCCC(=O)Nc1ccc(CNC(=NC)NC2CCN(C(=O)C(C)C)C2)cc1. The molecule has 2 amide bonds. The van der Waals surface area contributed by atoms with Crippen molar-refractivity contribution in [2.24, 2.45) is 10.9 Å². The first-order valence-electron chi connectivity index (χ1n) is 10.1. The van der Waals surface area contributed by atoms with Gasteiger partial charge in [0.25, 0.3) is 0 Å². The third-order valence-electron chi connectivity index (χ3n) is 4.73. The third-order valence-corrected chi connectivity index (χ3v) is 4.73. The van der Waals surface area contributed by atoms with Crippen LogP contribution in [-0.2, 0) is 16.1 Å². The number of hydrogen-bond donors (Lipinski definition) is 3. The van der Waals surface area contributed by atoms with Crippen molar-refractivity contribution in [2.75, 3.05) is 25.5 Å². The van der Waals surface area contributed by atoms with Gasteiger partial charge in [-0.1, -0.05) is 32.9 Å². The largest absolute Gasteiger partial charge is 0.352 e. The van der Waals surface area contributed by atoms with E-state index in [4.69, 9.17) is 0 Å². The molecule has 0 radical (unpaired) electrons. The highest BCUT2D eigenvalue weighted by Crippen LogP contribution is 2.13. The summed E-state index contributed by atoms with van der Waals surface area (Å²) < 4.78 is 0. The van der Waals surface area contributed by atoms with Gasteiger partial charge in [-0.25, -0.2) is 0 Å². The molecule has 0 aliphatic carbocycles. The van der Waals surface area contributed by atoms with E-state index in [0.29, 0.717) is 19.5 Å². The molecule has 1 heterocycles. The molecule has 0 aromatic heterocycles. The fourth-order valence-corrected chi connectivity index (χ4v) is 3.17. The number of guanidine groups is 1. The highest BCUT2D eigenvalue weighted by Gasteiger charge is 2.27. The summed E-state index contributed by atoms with van der Waals surface area (Å²) in [6.07, 6.45) is 2.29. The minimum atomic E-state index is 0.0333. The Morgan fingerprint density at radius 2 is 1.96 bits per heavy atom. The predicted octanol–water partition coefficient (Wildman–Crippen LogP) is 2.35. The molecule has 1 unspecified atom stereocenters. The first-order valence-corrected chi connectivity index (χ1v) is 10.1. The number of aliphatic imine (C=N–C) groups is 1. The summed E-state index contributed by atoms with van der Waals surface area (Å²) in [6, 6.07) is 8.01. The Kier molecular flexibility index (Phi) is 8.29. The Hall–Kier alpha value is -2.57. The van der Waals surface area contributed by atoms with Crippen LogP contribution in [-0.4, -0.2) is 48.9 Å². The number of carbonyl (C=O) groups excluding carboxylic acids is 2. The average molecular weight is 388 g/mol. The van der Waals surface area contributed by atoms with E-state index in [0.717, 1.165) is 36.6 Å². The quantitative estimate of drug-likeness (QED) is 0.495. The zero-order valence-corrected chi connectivity index (χ0v) is 17.4. The van der Waals surface area contributed by atoms with Gasteiger partial charge in [0, 0.05) is 50.7 Å². The van der Waals surface area contributed by atoms with E-state index < -0.39 is 0 Å². The van der Waals surface area contributed by atoms with Crippen molar-refractivity contribution in [2.45, 2.75) is 52.6 Å². The molecule has 3 N–H and O–H groups in total. The Balaban J connectivity index is 1.79. The molecule has 154 valence electrons. The minimum Gasteiger partial charge on any atom is -0.352 e. The molecule has 1 aromatic rings. The topological polar surface area (TPSA) is 85.8 Å². The molecular weight excluding hydrogens is 354 g/mol. The summed E-state index contributed by atoms with van der Waals surface area (Å²) in [7, 11) is 1.74. The van der Waals surface area contributed by atoms with Crippen LogP contribution < -0.4 is 16.0 Å². The molecule has 1 aliphatic rings. The Morgan fingerprint density at radius 1 is 1.25 bits per heavy atom. The summed E-state index contributed by atoms with van der Waals surface area (Å²) in [5, 5.41) is 9.60. The van der Waals surface area contributed by atoms with Crippen LogP contribution in [0.2, 0.25) is 0 Å². The molecule has 28 heavy (non-hydrogen) atoms. The zero-order chi connectivity index (χ0) is 20.5. The maximum atomic E-state index is 12.1. The van der Waals surface area contributed by atoms with E-state index in [-0.39, 0.29) is 23.8 Å². The summed E-state index contributed by atoms with van der Waals surface area (Å²) in [4.78, 5) is 30.0. The van der Waals surface area contributed by atoms with E-state index in [1.807, 2.05) is 49.9 Å². The van der Waals surface area contributed by atoms with Gasteiger partial charge in [0.05, 0.1) is 0 Å². The van der Waals surface area contributed by atoms with E-state index in [1.54, 1.807) is 7.05 Å². The molecule has 2 rings (SSSR count). The van der Waals surface area contributed by atoms with Gasteiger partial charge in [0.2, 0.25) is 11.8 Å². The second kappa shape index (κ2) is 10.7. The molecule has 1 fully saturated rings. The number of rotatable bonds is 7. The molecule has 7 heteroatoms. The first kappa shape index (κ1) is 21.7. The lowest BCUT2D eigenvalue weighted by Crippen LogP contribution is -2.45. The van der Waals surface area contributed by atoms with Crippen LogP contribution in [0.25, 0.3) is 0 Å². The van der Waals surface area contributed by atoms with Crippen LogP contribution in [0.3, 0.4) is 0 Å². The molecule has 0 spiro atoms. The number of benzene rings is 1. The molecule has 1 atom stereocenters. The Bertz CT molecular complexity index is 685. The molecule has 1 aliphatic heterocycles. The summed E-state index contributed by atoms with van der Waals surface area (Å²) >= 11 is 0. The van der Waals surface area contributed by atoms with Gasteiger partial charge in [-0.15, -0.1) is 0 Å². The van der Waals surface area contributed by atoms with Gasteiger partial charge in [-0.2, -0.15) is 0 Å². The Labute approximate surface area is 168 Å². The number of nitrogens with zero attached hydrogens (tertiary/aromatic N) is 2. The van der Waals surface area contributed by atoms with Crippen LogP contribution in [0.15, 0.2) is 29.3 Å². The van der Waals surface area contributed by atoms with Crippen LogP contribution >= 0.6 is 0 Å². The van der Waals surface area contributed by atoms with Gasteiger partial charge in [-0.3, -0.25) is 14.6 Å². The third kappa shape index (κ3) is 6.55. The maximum absolute atomic E-state index is 12.1. The van der Waals surface area contributed by atoms with Crippen LogP contribution in [0.4, 0.5) is 5.69 Å². The Morgan fingerprint density at radius 3 is 2.57 bits per heavy atom. The first-order chi connectivity index (χ1) is 13.4. The van der Waals surface area contributed by atoms with Gasteiger partial charge in [-0.05, 0) is 30.5 Å². The van der Waals surface area contributed by atoms with Crippen molar-refractivity contribution in [3.8, 4) is 0 Å². The maximum Gasteiger partial charge on any atom is 0.225 e.